The molecule has 0 aliphatic heterocycles. The summed E-state index contributed by atoms with van der Waals surface area (Å²) >= 11 is 10.2. The third kappa shape index (κ3) is 6.59. The molecule has 0 atom stereocenters. The molecule has 0 aliphatic rings. The van der Waals surface area contributed by atoms with Crippen molar-refractivity contribution in [1.82, 2.24) is 15.6 Å². The molecule has 144 valence electrons. The van der Waals surface area contributed by atoms with Gasteiger partial charge in [0.1, 0.15) is 5.82 Å². The van der Waals surface area contributed by atoms with Crippen LogP contribution in [0.5, 0.6) is 0 Å². The highest BCUT2D eigenvalue weighted by Gasteiger charge is 2.09. The van der Waals surface area contributed by atoms with E-state index in [4.69, 9.17) is 11.6 Å². The van der Waals surface area contributed by atoms with E-state index in [0.717, 1.165) is 15.7 Å². The molecule has 0 unspecified atom stereocenters. The summed E-state index contributed by atoms with van der Waals surface area (Å²) in [5.74, 6) is 0.211. The fourth-order valence-corrected chi connectivity index (χ4v) is 4.85. The number of nitrogens with one attached hydrogen (secondary N) is 1. The van der Waals surface area contributed by atoms with Gasteiger partial charge in [0, 0.05) is 16.3 Å². The fourth-order valence-electron chi connectivity index (χ4n) is 1.95. The van der Waals surface area contributed by atoms with Crippen molar-refractivity contribution in [2.45, 2.75) is 14.4 Å². The van der Waals surface area contributed by atoms with Crippen LogP contribution in [-0.4, -0.2) is 28.1 Å². The zero-order valence-electron chi connectivity index (χ0n) is 14.3. The molecule has 0 saturated carbocycles. The third-order valence-electron chi connectivity index (χ3n) is 3.29. The molecule has 1 heterocycles. The van der Waals surface area contributed by atoms with Gasteiger partial charge in [0.25, 0.3) is 5.91 Å². The number of hydrogen-bond donors (Lipinski definition) is 1. The summed E-state index contributed by atoms with van der Waals surface area (Å²) in [6, 6.07) is 13.8. The lowest BCUT2D eigenvalue weighted by molar-refractivity contribution is -0.118. The van der Waals surface area contributed by atoms with Gasteiger partial charge in [-0.3, -0.25) is 4.79 Å². The van der Waals surface area contributed by atoms with Crippen molar-refractivity contribution < 1.29 is 9.18 Å². The van der Waals surface area contributed by atoms with Crippen LogP contribution in [-0.2, 0) is 10.5 Å². The van der Waals surface area contributed by atoms with Crippen molar-refractivity contribution in [3.05, 3.63) is 70.5 Å². The second kappa shape index (κ2) is 10.6. The predicted octanol–water partition coefficient (Wildman–Crippen LogP) is 4.87. The van der Waals surface area contributed by atoms with Crippen LogP contribution in [0.2, 0.25) is 5.02 Å². The fraction of sp³-hybridized carbons (Fsp3) is 0.111. The molecule has 3 rings (SSSR count). The third-order valence-corrected chi connectivity index (χ3v) is 6.80. The molecule has 3 aromatic rings. The molecular weight excluding hydrogens is 439 g/mol. The predicted molar refractivity (Wildman–Crippen MR) is 114 cm³/mol. The van der Waals surface area contributed by atoms with Crippen molar-refractivity contribution in [3.8, 4) is 0 Å². The van der Waals surface area contributed by atoms with Gasteiger partial charge in [-0.15, -0.1) is 10.2 Å². The molecule has 0 radical (unpaired) electrons. The molecule has 0 fully saturated rings. The number of rotatable bonds is 8. The molecule has 0 saturated heterocycles. The average Bonchev–Trinajstić information content (AvgIpc) is 3.15. The minimum absolute atomic E-state index is 0.144. The lowest BCUT2D eigenvalue weighted by Crippen LogP contribution is -2.19. The standard InChI is InChI=1S/C18H14ClFN4OS3/c19-14-7-5-12(6-8-14)10-26-17-23-24-18(28-17)27-11-16(25)22-21-9-13-3-1-2-4-15(13)20/h1-9H,10-11H2,(H,22,25)/b21-9+. The number of hydrazone groups is 1. The van der Waals surface area contributed by atoms with Gasteiger partial charge in [0.15, 0.2) is 8.68 Å². The van der Waals surface area contributed by atoms with E-state index < -0.39 is 5.82 Å². The number of hydrogen-bond acceptors (Lipinski definition) is 7. The Morgan fingerprint density at radius 2 is 1.86 bits per heavy atom. The zero-order chi connectivity index (χ0) is 19.8. The Kier molecular flexibility index (Phi) is 7.84. The van der Waals surface area contributed by atoms with Crippen molar-refractivity contribution in [2.75, 3.05) is 5.75 Å². The van der Waals surface area contributed by atoms with Gasteiger partial charge in [0.05, 0.1) is 12.0 Å². The van der Waals surface area contributed by atoms with Gasteiger partial charge in [-0.2, -0.15) is 5.10 Å². The quantitative estimate of drug-likeness (QED) is 0.300. The van der Waals surface area contributed by atoms with Crippen LogP contribution in [0.4, 0.5) is 4.39 Å². The minimum atomic E-state index is -0.396. The maximum Gasteiger partial charge on any atom is 0.250 e. The number of aromatic nitrogens is 2. The van der Waals surface area contributed by atoms with Gasteiger partial charge >= 0.3 is 0 Å². The van der Waals surface area contributed by atoms with Crippen LogP contribution in [0.15, 0.2) is 62.3 Å². The summed E-state index contributed by atoms with van der Waals surface area (Å²) in [6.07, 6.45) is 1.27. The van der Waals surface area contributed by atoms with Crippen LogP contribution in [0.3, 0.4) is 0 Å². The van der Waals surface area contributed by atoms with E-state index in [1.54, 1.807) is 30.0 Å². The maximum absolute atomic E-state index is 13.4. The lowest BCUT2D eigenvalue weighted by Gasteiger charge is -1.98. The Labute approximate surface area is 178 Å². The van der Waals surface area contributed by atoms with E-state index in [9.17, 15) is 9.18 Å². The minimum Gasteiger partial charge on any atom is -0.272 e. The van der Waals surface area contributed by atoms with Crippen molar-refractivity contribution in [3.63, 3.8) is 0 Å². The first kappa shape index (κ1) is 20.8. The molecule has 0 aliphatic carbocycles. The highest BCUT2D eigenvalue weighted by Crippen LogP contribution is 2.30. The topological polar surface area (TPSA) is 67.2 Å². The first-order chi connectivity index (χ1) is 13.6. The first-order valence-electron chi connectivity index (χ1n) is 8.00. The number of benzene rings is 2. The average molecular weight is 453 g/mol. The molecule has 28 heavy (non-hydrogen) atoms. The van der Waals surface area contributed by atoms with E-state index >= 15 is 0 Å². The molecule has 10 heteroatoms. The summed E-state index contributed by atoms with van der Waals surface area (Å²) in [6.45, 7) is 0. The Morgan fingerprint density at radius 1 is 1.14 bits per heavy atom. The lowest BCUT2D eigenvalue weighted by atomic mass is 10.2. The zero-order valence-corrected chi connectivity index (χ0v) is 17.5. The van der Waals surface area contributed by atoms with Gasteiger partial charge < -0.3 is 0 Å². The summed E-state index contributed by atoms with van der Waals surface area (Å²) in [7, 11) is 0. The van der Waals surface area contributed by atoms with Crippen molar-refractivity contribution in [1.29, 1.82) is 0 Å². The molecule has 1 N–H and O–H groups in total. The Balaban J connectivity index is 1.41. The first-order valence-corrected chi connectivity index (χ1v) is 11.2. The van der Waals surface area contributed by atoms with Crippen LogP contribution in [0.1, 0.15) is 11.1 Å². The Bertz CT molecular complexity index is 965. The number of amides is 1. The van der Waals surface area contributed by atoms with E-state index in [2.05, 4.69) is 20.7 Å². The van der Waals surface area contributed by atoms with Gasteiger partial charge in [0.2, 0.25) is 0 Å². The van der Waals surface area contributed by atoms with Crippen LogP contribution in [0, 0.1) is 5.82 Å². The smallest absolute Gasteiger partial charge is 0.250 e. The highest BCUT2D eigenvalue weighted by atomic mass is 35.5. The van der Waals surface area contributed by atoms with E-state index in [1.807, 2.05) is 24.3 Å². The number of nitrogens with zero attached hydrogens (tertiary/aromatic N) is 3. The monoisotopic (exact) mass is 452 g/mol. The number of carbonyl (C=O) groups excluding carboxylic acids is 1. The van der Waals surface area contributed by atoms with E-state index in [0.29, 0.717) is 14.9 Å². The molecule has 5 nitrogen and oxygen atoms in total. The Morgan fingerprint density at radius 3 is 2.61 bits per heavy atom. The van der Waals surface area contributed by atoms with Gasteiger partial charge in [-0.05, 0) is 23.8 Å². The number of thioether (sulfide) groups is 2. The molecule has 0 bridgehead atoms. The summed E-state index contributed by atoms with van der Waals surface area (Å²) in [5.41, 5.74) is 3.82. The van der Waals surface area contributed by atoms with Crippen molar-refractivity contribution in [2.24, 2.45) is 5.10 Å². The Hall–Kier alpha value is -1.94. The molecular formula is C18H14ClFN4OS3. The van der Waals surface area contributed by atoms with Gasteiger partial charge in [-0.1, -0.05) is 76.8 Å². The molecule has 1 aromatic heterocycles. The molecule has 1 amide bonds. The van der Waals surface area contributed by atoms with E-state index in [1.165, 1.54) is 35.4 Å². The molecule has 0 spiro atoms. The summed E-state index contributed by atoms with van der Waals surface area (Å²) < 4.78 is 15.0. The maximum atomic E-state index is 13.4. The van der Waals surface area contributed by atoms with Crippen LogP contribution in [0.25, 0.3) is 0 Å². The number of halogens is 2. The van der Waals surface area contributed by atoms with Gasteiger partial charge in [-0.25, -0.2) is 9.82 Å². The van der Waals surface area contributed by atoms with Crippen LogP contribution < -0.4 is 5.43 Å². The van der Waals surface area contributed by atoms with Crippen molar-refractivity contribution >= 4 is 58.6 Å². The van der Waals surface area contributed by atoms with Crippen LogP contribution >= 0.6 is 46.5 Å². The largest absolute Gasteiger partial charge is 0.272 e. The summed E-state index contributed by atoms with van der Waals surface area (Å²) in [5, 5.41) is 12.7. The normalized spacial score (nSPS) is 11.1. The SMILES string of the molecule is O=C(CSc1nnc(SCc2ccc(Cl)cc2)s1)N/N=C/c1ccccc1F. The second-order valence-corrected chi connectivity index (χ2v) is 9.21. The number of carbonyl (C=O) groups is 1. The van der Waals surface area contributed by atoms with E-state index in [-0.39, 0.29) is 11.7 Å². The highest BCUT2D eigenvalue weighted by molar-refractivity contribution is 8.03. The molecule has 2 aromatic carbocycles. The summed E-state index contributed by atoms with van der Waals surface area (Å²) in [4.78, 5) is 11.8. The second-order valence-electron chi connectivity index (χ2n) is 5.35.